The van der Waals surface area contributed by atoms with Crippen molar-refractivity contribution in [2.75, 3.05) is 6.61 Å². The summed E-state index contributed by atoms with van der Waals surface area (Å²) in [6.45, 7) is 14.8. The molecule has 3 aliphatic carbocycles. The lowest BCUT2D eigenvalue weighted by Gasteiger charge is -2.59. The molecule has 4 heteroatoms. The van der Waals surface area contributed by atoms with Gasteiger partial charge in [-0.05, 0) is 55.8 Å². The zero-order valence-electron chi connectivity index (χ0n) is 17.6. The molecule has 3 N–H and O–H groups in total. The number of carbonyl (C=O) groups is 1. The Balaban J connectivity index is 0.000000248. The molecule has 27 heavy (non-hydrogen) atoms. The van der Waals surface area contributed by atoms with Gasteiger partial charge >= 0.3 is 0 Å². The SMILES string of the molecule is C=Cc1scc(C(N)=O)c1/C=C\C.CC.CC1(C)C2CC(CCO)C[C@H]1C2. The number of amides is 1. The first-order valence-electron chi connectivity index (χ1n) is 10.1. The zero-order valence-corrected chi connectivity index (χ0v) is 18.4. The van der Waals surface area contributed by atoms with Crippen LogP contribution in [-0.4, -0.2) is 17.6 Å². The van der Waals surface area contributed by atoms with Gasteiger partial charge < -0.3 is 10.8 Å². The van der Waals surface area contributed by atoms with E-state index in [0.29, 0.717) is 17.6 Å². The summed E-state index contributed by atoms with van der Waals surface area (Å²) in [7, 11) is 0. The van der Waals surface area contributed by atoms with Gasteiger partial charge in [-0.25, -0.2) is 0 Å². The fraction of sp³-hybridized carbons (Fsp3) is 0.609. The summed E-state index contributed by atoms with van der Waals surface area (Å²) in [5, 5.41) is 10.6. The van der Waals surface area contributed by atoms with E-state index in [1.165, 1.54) is 30.6 Å². The summed E-state index contributed by atoms with van der Waals surface area (Å²) in [6, 6.07) is 0. The molecule has 0 spiro atoms. The first-order valence-corrected chi connectivity index (χ1v) is 11.0. The van der Waals surface area contributed by atoms with Crippen molar-refractivity contribution in [2.45, 2.75) is 60.3 Å². The number of thiophene rings is 1. The molecule has 3 aliphatic rings. The molecule has 3 nitrogen and oxygen atoms in total. The second-order valence-corrected chi connectivity index (χ2v) is 8.71. The maximum atomic E-state index is 11.0. The number of rotatable bonds is 5. The highest BCUT2D eigenvalue weighted by atomic mass is 32.1. The van der Waals surface area contributed by atoms with E-state index >= 15 is 0 Å². The van der Waals surface area contributed by atoms with Gasteiger partial charge in [-0.3, -0.25) is 4.79 Å². The first-order chi connectivity index (χ1) is 12.8. The maximum Gasteiger partial charge on any atom is 0.250 e. The van der Waals surface area contributed by atoms with E-state index in [2.05, 4.69) is 20.4 Å². The van der Waals surface area contributed by atoms with Crippen LogP contribution in [0.4, 0.5) is 0 Å². The summed E-state index contributed by atoms with van der Waals surface area (Å²) in [5.41, 5.74) is 7.28. The number of hydrogen-bond acceptors (Lipinski definition) is 3. The lowest BCUT2D eigenvalue weighted by molar-refractivity contribution is -0.0929. The lowest BCUT2D eigenvalue weighted by atomic mass is 9.46. The summed E-state index contributed by atoms with van der Waals surface area (Å²) >= 11 is 1.47. The predicted octanol–water partition coefficient (Wildman–Crippen LogP) is 5.99. The number of aliphatic hydroxyl groups is 1. The molecular formula is C23H37NO2S. The number of primary amides is 1. The normalized spacial score (nSPS) is 24.7. The van der Waals surface area contributed by atoms with E-state index in [0.717, 1.165) is 34.6 Å². The Kier molecular flexibility index (Phi) is 9.48. The van der Waals surface area contributed by atoms with E-state index in [9.17, 15) is 4.79 Å². The zero-order chi connectivity index (χ0) is 20.6. The van der Waals surface area contributed by atoms with Crippen LogP contribution < -0.4 is 5.73 Å². The van der Waals surface area contributed by atoms with Crippen LogP contribution >= 0.6 is 11.3 Å². The quantitative estimate of drug-likeness (QED) is 0.647. The highest BCUT2D eigenvalue weighted by Gasteiger charge is 2.52. The van der Waals surface area contributed by atoms with E-state index in [1.807, 2.05) is 32.9 Å². The van der Waals surface area contributed by atoms with Crippen LogP contribution in [0.25, 0.3) is 12.2 Å². The minimum atomic E-state index is -0.391. The van der Waals surface area contributed by atoms with Gasteiger partial charge in [0.1, 0.15) is 0 Å². The standard InChI is InChI=1S/C11H20O.C10H11NOS.C2H6/c1-11(2)9-5-8(3-4-12)6-10(11)7-9;1-3-5-7-8(10(11)12)6-13-9(7)4-2;1-2/h8-10,12H,3-7H2,1-2H3;3-6H,2H2,1H3,(H2,11,12);1-2H3/b;5-3-;/t8?,9-,10?;;/m0../s1. The average molecular weight is 392 g/mol. The molecule has 1 aromatic heterocycles. The number of nitrogens with two attached hydrogens (primary N) is 1. The smallest absolute Gasteiger partial charge is 0.250 e. The highest BCUT2D eigenvalue weighted by molar-refractivity contribution is 7.11. The van der Waals surface area contributed by atoms with Crippen molar-refractivity contribution >= 4 is 29.4 Å². The van der Waals surface area contributed by atoms with E-state index in [4.69, 9.17) is 10.8 Å². The van der Waals surface area contributed by atoms with Crippen molar-refractivity contribution in [1.29, 1.82) is 0 Å². The van der Waals surface area contributed by atoms with Crippen molar-refractivity contribution < 1.29 is 9.90 Å². The molecule has 4 rings (SSSR count). The molecule has 0 radical (unpaired) electrons. The maximum absolute atomic E-state index is 11.0. The fourth-order valence-electron chi connectivity index (χ4n) is 4.31. The monoisotopic (exact) mass is 391 g/mol. The van der Waals surface area contributed by atoms with Crippen LogP contribution in [0.5, 0.6) is 0 Å². The van der Waals surface area contributed by atoms with Gasteiger partial charge in [0.05, 0.1) is 5.56 Å². The third kappa shape index (κ3) is 5.55. The van der Waals surface area contributed by atoms with Crippen LogP contribution in [0, 0.1) is 23.2 Å². The third-order valence-electron chi connectivity index (χ3n) is 6.09. The molecule has 0 saturated heterocycles. The summed E-state index contributed by atoms with van der Waals surface area (Å²) < 4.78 is 0. The summed E-state index contributed by atoms with van der Waals surface area (Å²) in [5.74, 6) is 2.38. The van der Waals surface area contributed by atoms with Gasteiger partial charge in [0.25, 0.3) is 0 Å². The Morgan fingerprint density at radius 3 is 2.33 bits per heavy atom. The lowest BCUT2D eigenvalue weighted by Crippen LogP contribution is -2.50. The topological polar surface area (TPSA) is 63.3 Å². The highest BCUT2D eigenvalue weighted by Crippen LogP contribution is 2.61. The molecule has 3 atom stereocenters. The molecule has 0 aromatic carbocycles. The van der Waals surface area contributed by atoms with Crippen molar-refractivity contribution in [3.8, 4) is 0 Å². The predicted molar refractivity (Wildman–Crippen MR) is 119 cm³/mol. The number of allylic oxidation sites excluding steroid dienone is 1. The molecule has 3 fully saturated rings. The fourth-order valence-corrected chi connectivity index (χ4v) is 5.20. The second kappa shape index (κ2) is 10.8. The first kappa shape index (κ1) is 23.6. The number of fused-ring (bicyclic) bond motifs is 2. The minimum absolute atomic E-state index is 0.391. The van der Waals surface area contributed by atoms with Crippen molar-refractivity contribution in [3.63, 3.8) is 0 Å². The van der Waals surface area contributed by atoms with Crippen LogP contribution in [0.1, 0.15) is 81.1 Å². The van der Waals surface area contributed by atoms with Gasteiger partial charge in [0.2, 0.25) is 5.91 Å². The van der Waals surface area contributed by atoms with Gasteiger partial charge in [0, 0.05) is 22.4 Å². The Morgan fingerprint density at radius 1 is 1.33 bits per heavy atom. The van der Waals surface area contributed by atoms with E-state index in [-0.39, 0.29) is 0 Å². The van der Waals surface area contributed by atoms with Crippen molar-refractivity contribution in [1.82, 2.24) is 0 Å². The molecule has 1 aromatic rings. The molecule has 0 aliphatic heterocycles. The summed E-state index contributed by atoms with van der Waals surface area (Å²) in [6.07, 6.45) is 10.7. The van der Waals surface area contributed by atoms with Crippen LogP contribution in [-0.2, 0) is 0 Å². The molecule has 3 saturated carbocycles. The Labute approximate surface area is 169 Å². The Bertz CT molecular complexity index is 631. The van der Waals surface area contributed by atoms with Crippen LogP contribution in [0.3, 0.4) is 0 Å². The molecule has 2 unspecified atom stereocenters. The van der Waals surface area contributed by atoms with E-state index < -0.39 is 5.91 Å². The van der Waals surface area contributed by atoms with E-state index in [1.54, 1.807) is 11.5 Å². The van der Waals surface area contributed by atoms with Gasteiger partial charge in [-0.2, -0.15) is 0 Å². The number of carbonyl (C=O) groups excluding carboxylic acids is 1. The number of aliphatic hydroxyl groups excluding tert-OH is 1. The molecular weight excluding hydrogens is 354 g/mol. The van der Waals surface area contributed by atoms with Gasteiger partial charge in [-0.1, -0.05) is 52.5 Å². The van der Waals surface area contributed by atoms with Crippen molar-refractivity contribution in [3.05, 3.63) is 34.0 Å². The number of hydrogen-bond donors (Lipinski definition) is 2. The Hall–Kier alpha value is -1.39. The Morgan fingerprint density at radius 2 is 1.93 bits per heavy atom. The van der Waals surface area contributed by atoms with Crippen LogP contribution in [0.2, 0.25) is 0 Å². The molecule has 1 heterocycles. The van der Waals surface area contributed by atoms with Crippen LogP contribution in [0.15, 0.2) is 18.0 Å². The molecule has 152 valence electrons. The molecule has 2 bridgehead atoms. The second-order valence-electron chi connectivity index (χ2n) is 7.80. The average Bonchev–Trinajstić information content (AvgIpc) is 3.08. The summed E-state index contributed by atoms with van der Waals surface area (Å²) in [4.78, 5) is 12.0. The van der Waals surface area contributed by atoms with Crippen molar-refractivity contribution in [2.24, 2.45) is 28.9 Å². The third-order valence-corrected chi connectivity index (χ3v) is 7.08. The van der Waals surface area contributed by atoms with Gasteiger partial charge in [-0.15, -0.1) is 11.3 Å². The minimum Gasteiger partial charge on any atom is -0.396 e. The molecule has 1 amide bonds. The van der Waals surface area contributed by atoms with Gasteiger partial charge in [0.15, 0.2) is 0 Å². The largest absolute Gasteiger partial charge is 0.396 e.